The monoisotopic (exact) mass is 303 g/mol. The summed E-state index contributed by atoms with van der Waals surface area (Å²) in [6.07, 6.45) is -7.91. The third kappa shape index (κ3) is 3.56. The van der Waals surface area contributed by atoms with Gasteiger partial charge in [0.15, 0.2) is 0 Å². The molecule has 0 spiro atoms. The molecule has 0 amide bonds. The van der Waals surface area contributed by atoms with Crippen molar-refractivity contribution in [3.63, 3.8) is 0 Å². The van der Waals surface area contributed by atoms with Crippen molar-refractivity contribution >= 4 is 11.9 Å². The summed E-state index contributed by atoms with van der Waals surface area (Å²) in [7, 11) is 0. The molecule has 0 saturated heterocycles. The van der Waals surface area contributed by atoms with Crippen LogP contribution in [-0.4, -0.2) is 30.2 Å². The first-order valence-electron chi connectivity index (χ1n) is 3.10. The minimum Gasteiger partial charge on any atom is -0.251 e. The molecule has 99 valence electrons. The first-order chi connectivity index (χ1) is 6.78. The number of halogens is 6. The zero-order valence-electron chi connectivity index (χ0n) is 6.86. The van der Waals surface area contributed by atoms with E-state index in [0.29, 0.717) is 0 Å². The van der Waals surface area contributed by atoms with Gasteiger partial charge in [-0.15, -0.1) is 0 Å². The summed E-state index contributed by atoms with van der Waals surface area (Å²) in [5.41, 5.74) is 0. The molecule has 0 aliphatic carbocycles. The van der Waals surface area contributed by atoms with Crippen molar-refractivity contribution in [1.82, 2.24) is 0 Å². The molecule has 0 aromatic carbocycles. The van der Waals surface area contributed by atoms with Crippen molar-refractivity contribution < 1.29 is 63.2 Å². The van der Waals surface area contributed by atoms with E-state index in [1.807, 2.05) is 4.94 Å². The van der Waals surface area contributed by atoms with Crippen LogP contribution in [0, 0.1) is 0 Å². The molecule has 4 nitrogen and oxygen atoms in total. The van der Waals surface area contributed by atoms with Gasteiger partial charge in [0.05, 0.1) is 0 Å². The van der Waals surface area contributed by atoms with Crippen molar-refractivity contribution in [2.24, 2.45) is 0 Å². The Morgan fingerprint density at radius 3 is 1.81 bits per heavy atom. The topological polar surface area (TPSA) is 52.6 Å². The molecule has 0 aliphatic heterocycles. The number of hydrogen-bond donors (Lipinski definition) is 0. The quantitative estimate of drug-likeness (QED) is 0.577. The number of rotatable bonds is 4. The van der Waals surface area contributed by atoms with Gasteiger partial charge in [-0.05, 0) is 0 Å². The SMILES string of the molecule is O=C(OF)C(F)C(F)C(F)(F)C(=O)OF.[Cu]. The molecule has 0 fully saturated rings. The third-order valence-electron chi connectivity index (χ3n) is 1.25. The second kappa shape index (κ2) is 6.59. The molecular weight excluding hydrogens is 302 g/mol. The van der Waals surface area contributed by atoms with Crippen molar-refractivity contribution in [3.05, 3.63) is 0 Å². The summed E-state index contributed by atoms with van der Waals surface area (Å²) in [5, 5.41) is 0. The number of hydrogen-bond acceptors (Lipinski definition) is 4. The summed E-state index contributed by atoms with van der Waals surface area (Å²) in [5.74, 6) is -10.9. The predicted molar refractivity (Wildman–Crippen MR) is 29.1 cm³/mol. The van der Waals surface area contributed by atoms with Gasteiger partial charge in [-0.25, -0.2) is 23.3 Å². The van der Waals surface area contributed by atoms with Crippen LogP contribution in [0.3, 0.4) is 0 Å². The fourth-order valence-electron chi connectivity index (χ4n) is 0.510. The molecule has 0 aliphatic rings. The Morgan fingerprint density at radius 2 is 1.50 bits per heavy atom. The van der Waals surface area contributed by atoms with E-state index in [-0.39, 0.29) is 17.1 Å². The maximum Gasteiger partial charge on any atom is 0.420 e. The van der Waals surface area contributed by atoms with E-state index < -0.39 is 30.2 Å². The molecule has 16 heavy (non-hydrogen) atoms. The Morgan fingerprint density at radius 1 is 1.06 bits per heavy atom. The Balaban J connectivity index is 0. The van der Waals surface area contributed by atoms with Crippen LogP contribution in [0.5, 0.6) is 0 Å². The molecule has 0 rings (SSSR count). The van der Waals surface area contributed by atoms with Gasteiger partial charge in [-0.2, -0.15) is 8.78 Å². The van der Waals surface area contributed by atoms with Crippen molar-refractivity contribution in [2.45, 2.75) is 18.3 Å². The molecule has 0 aromatic rings. The van der Waals surface area contributed by atoms with Gasteiger partial charge in [0, 0.05) is 26.1 Å². The van der Waals surface area contributed by atoms with Gasteiger partial charge < -0.3 is 0 Å². The average Bonchev–Trinajstić information content (AvgIpc) is 2.24. The van der Waals surface area contributed by atoms with Gasteiger partial charge in [-0.3, -0.25) is 4.94 Å². The summed E-state index contributed by atoms with van der Waals surface area (Å²) >= 11 is 0. The van der Waals surface area contributed by atoms with E-state index >= 15 is 0 Å². The number of alkyl halides is 4. The van der Waals surface area contributed by atoms with E-state index in [4.69, 9.17) is 0 Å². The average molecular weight is 304 g/mol. The number of carbonyl (C=O) groups excluding carboxylic acids is 2. The first kappa shape index (κ1) is 17.4. The molecule has 1 radical (unpaired) electrons. The van der Waals surface area contributed by atoms with Crippen LogP contribution in [0.25, 0.3) is 0 Å². The van der Waals surface area contributed by atoms with Gasteiger partial charge >= 0.3 is 17.9 Å². The summed E-state index contributed by atoms with van der Waals surface area (Å²) < 4.78 is 71.2. The zero-order chi connectivity index (χ0) is 12.2. The van der Waals surface area contributed by atoms with Crippen LogP contribution >= 0.6 is 0 Å². The van der Waals surface area contributed by atoms with Crippen LogP contribution in [0.4, 0.5) is 26.6 Å². The van der Waals surface area contributed by atoms with Crippen molar-refractivity contribution in [3.8, 4) is 0 Å². The maximum atomic E-state index is 12.4. The second-order valence-corrected chi connectivity index (χ2v) is 2.19. The largest absolute Gasteiger partial charge is 0.420 e. The molecule has 11 heteroatoms. The van der Waals surface area contributed by atoms with Crippen LogP contribution < -0.4 is 0 Å². The minimum atomic E-state index is -5.28. The molecule has 0 heterocycles. The van der Waals surface area contributed by atoms with Crippen molar-refractivity contribution in [1.29, 1.82) is 0 Å². The van der Waals surface area contributed by atoms with E-state index in [1.165, 1.54) is 0 Å². The third-order valence-corrected chi connectivity index (χ3v) is 1.25. The van der Waals surface area contributed by atoms with E-state index in [2.05, 4.69) is 4.94 Å². The van der Waals surface area contributed by atoms with Crippen LogP contribution in [0.1, 0.15) is 0 Å². The Bertz CT molecular complexity index is 261. The van der Waals surface area contributed by atoms with Crippen LogP contribution in [0.2, 0.25) is 0 Å². The first-order valence-corrected chi connectivity index (χ1v) is 3.10. The Hall–Kier alpha value is -0.961. The molecule has 0 aromatic heterocycles. The standard InChI is InChI=1S/C5H2F6O4.Cu/c6-1(3(12)14-10)2(7)5(8,9)4(13)15-11;/h1-2H;. The van der Waals surface area contributed by atoms with Crippen LogP contribution in [-0.2, 0) is 36.5 Å². The smallest absolute Gasteiger partial charge is 0.251 e. The molecule has 0 N–H and O–H groups in total. The molecular formula is C5H2CuF6O4. The number of carbonyl (C=O) groups is 2. The van der Waals surface area contributed by atoms with Gasteiger partial charge in [-0.1, -0.05) is 0 Å². The molecule has 2 atom stereocenters. The summed E-state index contributed by atoms with van der Waals surface area (Å²) in [6.45, 7) is 0. The summed E-state index contributed by atoms with van der Waals surface area (Å²) in [4.78, 5) is 23.9. The van der Waals surface area contributed by atoms with E-state index in [1.54, 1.807) is 0 Å². The zero-order valence-corrected chi connectivity index (χ0v) is 7.80. The van der Waals surface area contributed by atoms with E-state index in [0.717, 1.165) is 0 Å². The normalized spacial score (nSPS) is 14.4. The van der Waals surface area contributed by atoms with Gasteiger partial charge in [0.1, 0.15) is 0 Å². The van der Waals surface area contributed by atoms with E-state index in [9.17, 15) is 36.2 Å². The maximum absolute atomic E-state index is 12.4. The predicted octanol–water partition coefficient (Wildman–Crippen LogP) is 1.15. The molecule has 0 saturated carbocycles. The fourth-order valence-corrected chi connectivity index (χ4v) is 0.510. The second-order valence-electron chi connectivity index (χ2n) is 2.19. The van der Waals surface area contributed by atoms with Crippen LogP contribution in [0.15, 0.2) is 0 Å². The Kier molecular flexibility index (Phi) is 7.18. The molecule has 2 unspecified atom stereocenters. The van der Waals surface area contributed by atoms with Gasteiger partial charge in [0.25, 0.3) is 0 Å². The van der Waals surface area contributed by atoms with Gasteiger partial charge in [0.2, 0.25) is 12.3 Å². The van der Waals surface area contributed by atoms with Crippen molar-refractivity contribution in [2.75, 3.05) is 0 Å². The Labute approximate surface area is 94.1 Å². The minimum absolute atomic E-state index is 0. The summed E-state index contributed by atoms with van der Waals surface area (Å²) in [6, 6.07) is 0. The molecule has 0 bridgehead atoms. The fraction of sp³-hybridized carbons (Fsp3) is 0.600.